The van der Waals surface area contributed by atoms with Crippen LogP contribution in [0.4, 0.5) is 5.69 Å². The number of nitrogens with one attached hydrogen (secondary N) is 2. The Morgan fingerprint density at radius 3 is 2.75 bits per heavy atom. The highest BCUT2D eigenvalue weighted by atomic mass is 32.2. The molecule has 2 heterocycles. The minimum absolute atomic E-state index is 0.0355. The van der Waals surface area contributed by atoms with Gasteiger partial charge in [0.1, 0.15) is 10.3 Å². The first-order valence-electron chi connectivity index (χ1n) is 9.01. The summed E-state index contributed by atoms with van der Waals surface area (Å²) in [6.45, 7) is 0.356. The second-order valence-electron chi connectivity index (χ2n) is 6.60. The first kappa shape index (κ1) is 24.2. The summed E-state index contributed by atoms with van der Waals surface area (Å²) in [6, 6.07) is 3.77. The van der Waals surface area contributed by atoms with Crippen LogP contribution in [-0.2, 0) is 20.0 Å². The van der Waals surface area contributed by atoms with Crippen molar-refractivity contribution in [2.24, 2.45) is 21.5 Å². The normalized spacial score (nSPS) is 15.9. The van der Waals surface area contributed by atoms with Gasteiger partial charge in [-0.3, -0.25) is 0 Å². The molecular weight excluding hydrogens is 496 g/mol. The largest absolute Gasteiger partial charge is 0.370 e. The molecule has 0 radical (unpaired) electrons. The van der Waals surface area contributed by atoms with Crippen molar-refractivity contribution in [2.75, 3.05) is 26.4 Å². The highest BCUT2D eigenvalue weighted by Crippen LogP contribution is 2.31. The van der Waals surface area contributed by atoms with Crippen LogP contribution in [0, 0.1) is 0 Å². The number of guanidine groups is 2. The van der Waals surface area contributed by atoms with Gasteiger partial charge in [-0.05, 0) is 18.2 Å². The van der Waals surface area contributed by atoms with Gasteiger partial charge in [-0.15, -0.1) is 23.1 Å². The Labute approximate surface area is 194 Å². The summed E-state index contributed by atoms with van der Waals surface area (Å²) in [6.07, 6.45) is 0. The van der Waals surface area contributed by atoms with E-state index in [1.165, 1.54) is 49.3 Å². The molecule has 1 aromatic heterocycles. The topological polar surface area (TPSA) is 185 Å². The molecule has 16 heteroatoms. The van der Waals surface area contributed by atoms with E-state index < -0.39 is 20.0 Å². The van der Waals surface area contributed by atoms with Crippen LogP contribution in [0.3, 0.4) is 0 Å². The number of thiazole rings is 1. The summed E-state index contributed by atoms with van der Waals surface area (Å²) in [5.74, 6) is 0.501. The highest BCUT2D eigenvalue weighted by molar-refractivity contribution is 7.99. The van der Waals surface area contributed by atoms with Crippen molar-refractivity contribution in [3.05, 3.63) is 34.8 Å². The smallest absolute Gasteiger partial charge is 0.266 e. The van der Waals surface area contributed by atoms with E-state index in [2.05, 4.69) is 25.0 Å². The summed E-state index contributed by atoms with van der Waals surface area (Å²) >= 11 is 2.85. The predicted molar refractivity (Wildman–Crippen MR) is 126 cm³/mol. The van der Waals surface area contributed by atoms with Crippen LogP contribution in [0.2, 0.25) is 0 Å². The van der Waals surface area contributed by atoms with E-state index in [1.54, 1.807) is 5.51 Å². The van der Waals surface area contributed by atoms with E-state index in [4.69, 9.17) is 11.5 Å². The van der Waals surface area contributed by atoms with E-state index in [0.29, 0.717) is 12.3 Å². The molecule has 0 aliphatic carbocycles. The Bertz CT molecular complexity index is 1240. The summed E-state index contributed by atoms with van der Waals surface area (Å²) in [5.41, 5.74) is 13.5. The lowest BCUT2D eigenvalue weighted by Crippen LogP contribution is -2.43. The number of nitrogens with two attached hydrogens (primary N) is 2. The average Bonchev–Trinajstić information content (AvgIpc) is 3.24. The number of hydrogen-bond acceptors (Lipinski definition) is 10. The molecule has 3 rings (SSSR count). The van der Waals surface area contributed by atoms with E-state index in [1.807, 2.05) is 5.38 Å². The molecule has 0 fully saturated rings. The predicted octanol–water partition coefficient (Wildman–Crippen LogP) is -0.0322. The Morgan fingerprint density at radius 1 is 1.38 bits per heavy atom. The molecule has 1 aliphatic rings. The molecule has 1 atom stereocenters. The number of fused-ring (bicyclic) bond motifs is 1. The molecule has 174 valence electrons. The van der Waals surface area contributed by atoms with Crippen LogP contribution in [0.1, 0.15) is 11.1 Å². The van der Waals surface area contributed by atoms with Crippen LogP contribution in [0.25, 0.3) is 0 Å². The van der Waals surface area contributed by atoms with Gasteiger partial charge in [-0.25, -0.2) is 40.8 Å². The zero-order chi connectivity index (χ0) is 23.5. The Morgan fingerprint density at radius 2 is 2.12 bits per heavy atom. The van der Waals surface area contributed by atoms with Crippen LogP contribution in [-0.4, -0.2) is 64.4 Å². The fourth-order valence-corrected chi connectivity index (χ4v) is 6.34. The molecule has 32 heavy (non-hydrogen) atoms. The standard InChI is InChI=1S/C16H22N8O4S4/c1-24(2)32(27,28)10-3-4-11-13(7-10)31(25,26)23-16(21-11)19-5-6-30-14(22-15(17)18)12-8-29-9-20-12/h3-4,7-9,14H,5-6H2,1-2H3,(H4,17,18,22)(H2,19,21,23). The summed E-state index contributed by atoms with van der Waals surface area (Å²) in [7, 11) is -5.05. The zero-order valence-corrected chi connectivity index (χ0v) is 20.4. The summed E-state index contributed by atoms with van der Waals surface area (Å²) < 4.78 is 53.2. The van der Waals surface area contributed by atoms with Gasteiger partial charge in [0, 0.05) is 31.8 Å². The van der Waals surface area contributed by atoms with Crippen LogP contribution in [0.15, 0.2) is 48.9 Å². The van der Waals surface area contributed by atoms with E-state index in [0.717, 1.165) is 16.1 Å². The van der Waals surface area contributed by atoms with Gasteiger partial charge in [-0.2, -0.15) is 0 Å². The average molecular weight is 519 g/mol. The lowest BCUT2D eigenvalue weighted by molar-refractivity contribution is 0.520. The van der Waals surface area contributed by atoms with Crippen molar-refractivity contribution in [1.29, 1.82) is 0 Å². The van der Waals surface area contributed by atoms with Gasteiger partial charge in [-0.1, -0.05) is 0 Å². The molecular formula is C16H22N8O4S4. The van der Waals surface area contributed by atoms with E-state index in [9.17, 15) is 16.8 Å². The second-order valence-corrected chi connectivity index (χ2v) is 12.3. The van der Waals surface area contributed by atoms with Gasteiger partial charge in [0.25, 0.3) is 10.0 Å². The molecule has 1 unspecified atom stereocenters. The van der Waals surface area contributed by atoms with Crippen molar-refractivity contribution in [3.8, 4) is 0 Å². The van der Waals surface area contributed by atoms with Crippen molar-refractivity contribution in [1.82, 2.24) is 19.3 Å². The molecule has 1 aliphatic heterocycles. The number of nitrogens with zero attached hydrogens (tertiary/aromatic N) is 4. The van der Waals surface area contributed by atoms with Gasteiger partial charge < -0.3 is 16.8 Å². The van der Waals surface area contributed by atoms with Crippen molar-refractivity contribution in [3.63, 3.8) is 0 Å². The minimum Gasteiger partial charge on any atom is -0.370 e. The van der Waals surface area contributed by atoms with Gasteiger partial charge in [0.2, 0.25) is 16.0 Å². The Balaban J connectivity index is 1.71. The van der Waals surface area contributed by atoms with Crippen molar-refractivity contribution < 1.29 is 16.8 Å². The maximum absolute atomic E-state index is 12.7. The quantitative estimate of drug-likeness (QED) is 0.211. The lowest BCUT2D eigenvalue weighted by Gasteiger charge is -2.20. The third kappa shape index (κ3) is 5.50. The fraction of sp³-hybridized carbons (Fsp3) is 0.312. The van der Waals surface area contributed by atoms with Gasteiger partial charge in [0.15, 0.2) is 5.96 Å². The maximum Gasteiger partial charge on any atom is 0.266 e. The fourth-order valence-electron chi connectivity index (χ4n) is 2.58. The monoisotopic (exact) mass is 518 g/mol. The Hall–Kier alpha value is -2.40. The second kappa shape index (κ2) is 9.62. The van der Waals surface area contributed by atoms with Crippen LogP contribution < -0.4 is 21.5 Å². The molecule has 0 bridgehead atoms. The van der Waals surface area contributed by atoms with E-state index in [-0.39, 0.29) is 32.8 Å². The lowest BCUT2D eigenvalue weighted by atomic mass is 10.3. The number of thioether (sulfide) groups is 1. The molecule has 0 amide bonds. The highest BCUT2D eigenvalue weighted by Gasteiger charge is 2.28. The van der Waals surface area contributed by atoms with Gasteiger partial charge >= 0.3 is 0 Å². The van der Waals surface area contributed by atoms with Crippen LogP contribution in [0.5, 0.6) is 0 Å². The first-order chi connectivity index (χ1) is 15.0. The summed E-state index contributed by atoms with van der Waals surface area (Å²) in [4.78, 5) is 12.3. The van der Waals surface area contributed by atoms with Crippen molar-refractivity contribution >= 4 is 60.8 Å². The summed E-state index contributed by atoms with van der Waals surface area (Å²) in [5, 5.41) is 4.39. The molecule has 1 aromatic carbocycles. The van der Waals surface area contributed by atoms with E-state index >= 15 is 0 Å². The number of benzene rings is 1. The third-order valence-electron chi connectivity index (χ3n) is 4.10. The van der Waals surface area contributed by atoms with Crippen molar-refractivity contribution in [2.45, 2.75) is 15.2 Å². The number of aromatic nitrogens is 1. The van der Waals surface area contributed by atoms with Gasteiger partial charge in [0.05, 0.1) is 21.8 Å². The minimum atomic E-state index is -4.00. The number of rotatable bonds is 8. The molecule has 0 spiro atoms. The zero-order valence-electron chi connectivity index (χ0n) is 17.1. The third-order valence-corrected chi connectivity index (χ3v) is 8.99. The maximum atomic E-state index is 12.7. The number of aliphatic imine (C=N–C) groups is 2. The molecule has 0 saturated carbocycles. The van der Waals surface area contributed by atoms with Crippen LogP contribution >= 0.6 is 23.1 Å². The molecule has 6 N–H and O–H groups in total. The number of sulfonamides is 2. The SMILES string of the molecule is CN(C)S(=O)(=O)c1ccc2c(c1)S(=O)(=O)NC(NCCSC(N=C(N)N)c1cscn1)=N2. The molecule has 12 nitrogen and oxygen atoms in total. The first-order valence-corrected chi connectivity index (χ1v) is 13.9. The Kier molecular flexibility index (Phi) is 7.29. The number of hydrogen-bond donors (Lipinski definition) is 4. The molecule has 2 aromatic rings. The molecule has 0 saturated heterocycles.